The average Bonchev–Trinajstić information content (AvgIpc) is 2.76. The van der Waals surface area contributed by atoms with Gasteiger partial charge in [0.05, 0.1) is 4.92 Å². The normalized spacial score (nSPS) is 21.1. The molecule has 1 saturated carbocycles. The predicted octanol–water partition coefficient (Wildman–Crippen LogP) is 1.02. The van der Waals surface area contributed by atoms with E-state index in [0.717, 1.165) is 23.8 Å². The lowest BCUT2D eigenvalue weighted by Crippen LogP contribution is -2.27. The van der Waals surface area contributed by atoms with Crippen molar-refractivity contribution in [3.8, 4) is 0 Å². The monoisotopic (exact) mass is 306 g/mol. The third-order valence-corrected chi connectivity index (χ3v) is 6.09. The van der Waals surface area contributed by atoms with Crippen LogP contribution in [-0.4, -0.2) is 19.4 Å². The summed E-state index contributed by atoms with van der Waals surface area (Å²) in [6.45, 7) is 3.90. The van der Waals surface area contributed by atoms with Gasteiger partial charge in [0.25, 0.3) is 10.0 Å². The maximum Gasteiger partial charge on any atom is 0.306 e. The molecule has 4 N–H and O–H groups in total. The van der Waals surface area contributed by atoms with E-state index >= 15 is 0 Å². The highest BCUT2D eigenvalue weighted by Crippen LogP contribution is 2.46. The lowest BCUT2D eigenvalue weighted by Gasteiger charge is -2.05. The number of anilines is 1. The average molecular weight is 306 g/mol. The van der Waals surface area contributed by atoms with Gasteiger partial charge in [0.2, 0.25) is 0 Å². The predicted molar refractivity (Wildman–Crippen MR) is 71.3 cm³/mol. The van der Waals surface area contributed by atoms with E-state index in [0.29, 0.717) is 0 Å². The van der Waals surface area contributed by atoms with Crippen LogP contribution in [-0.2, 0) is 10.0 Å². The molecule has 106 valence electrons. The Hall–Kier alpha value is -1.23. The Morgan fingerprint density at radius 2 is 2.16 bits per heavy atom. The molecule has 1 aromatic rings. The Kier molecular flexibility index (Phi) is 3.29. The number of hydrazine groups is 1. The lowest BCUT2D eigenvalue weighted by atomic mass is 10.2. The van der Waals surface area contributed by atoms with Crippen molar-refractivity contribution >= 4 is 32.0 Å². The van der Waals surface area contributed by atoms with Gasteiger partial charge in [-0.2, -0.15) is 0 Å². The van der Waals surface area contributed by atoms with Gasteiger partial charge < -0.3 is 5.43 Å². The maximum absolute atomic E-state index is 12.1. The first-order valence-corrected chi connectivity index (χ1v) is 7.74. The molecule has 0 saturated heterocycles. The third kappa shape index (κ3) is 2.71. The zero-order chi connectivity index (χ0) is 14.4. The maximum atomic E-state index is 12.1. The summed E-state index contributed by atoms with van der Waals surface area (Å²) in [7, 11) is -3.74. The fraction of sp³-hybridized carbons (Fsp3) is 0.556. The number of rotatable bonds is 5. The van der Waals surface area contributed by atoms with E-state index in [1.165, 1.54) is 0 Å². The smallest absolute Gasteiger partial charge is 0.306 e. The van der Waals surface area contributed by atoms with Gasteiger partial charge in [-0.25, -0.2) is 19.0 Å². The second-order valence-electron chi connectivity index (χ2n) is 5.05. The van der Waals surface area contributed by atoms with Crippen LogP contribution in [0.25, 0.3) is 0 Å². The second-order valence-corrected chi connectivity index (χ2v) is 8.04. The molecule has 1 fully saturated rings. The number of thiophene rings is 1. The molecule has 1 aliphatic rings. The van der Waals surface area contributed by atoms with Gasteiger partial charge in [-0.3, -0.25) is 10.1 Å². The summed E-state index contributed by atoms with van der Waals surface area (Å²) in [6.07, 6.45) is 0.752. The van der Waals surface area contributed by atoms with E-state index in [4.69, 9.17) is 5.84 Å². The molecule has 0 aromatic carbocycles. The molecule has 0 radical (unpaired) electrons. The molecule has 8 nitrogen and oxygen atoms in total. The topological polar surface area (TPSA) is 127 Å². The first-order valence-electron chi connectivity index (χ1n) is 5.44. The standard InChI is InChI=1S/C9H14N4O4S2/c1-9(2)4-6(9)12-19(16,17)7-3-5(13(14)15)8(11-10)18-7/h3,6,11-12H,4,10H2,1-2H3. The highest BCUT2D eigenvalue weighted by Gasteiger charge is 2.48. The van der Waals surface area contributed by atoms with Crippen LogP contribution in [0.1, 0.15) is 20.3 Å². The summed E-state index contributed by atoms with van der Waals surface area (Å²) in [5.74, 6) is 5.14. The molecule has 0 bridgehead atoms. The third-order valence-electron chi connectivity index (χ3n) is 3.09. The SMILES string of the molecule is CC1(C)CC1NS(=O)(=O)c1cc([N+](=O)[O-])c(NN)s1. The summed E-state index contributed by atoms with van der Waals surface area (Å²) in [5.41, 5.74) is 1.73. The zero-order valence-electron chi connectivity index (χ0n) is 10.3. The number of nitro groups is 1. The minimum atomic E-state index is -3.74. The number of nitrogens with zero attached hydrogens (tertiary/aromatic N) is 1. The Morgan fingerprint density at radius 3 is 2.53 bits per heavy atom. The van der Waals surface area contributed by atoms with E-state index in [1.807, 2.05) is 13.8 Å². The number of hydrogen-bond acceptors (Lipinski definition) is 7. The Labute approximate surface area is 114 Å². The molecule has 1 aromatic heterocycles. The van der Waals surface area contributed by atoms with Gasteiger partial charge in [-0.15, -0.1) is 0 Å². The quantitative estimate of drug-likeness (QED) is 0.423. The highest BCUT2D eigenvalue weighted by atomic mass is 32.2. The van der Waals surface area contributed by atoms with Crippen LogP contribution in [0, 0.1) is 15.5 Å². The molecule has 0 aliphatic heterocycles. The van der Waals surface area contributed by atoms with Crippen molar-refractivity contribution in [2.45, 2.75) is 30.5 Å². The molecule has 1 unspecified atom stereocenters. The minimum absolute atomic E-state index is 0.0143. The largest absolute Gasteiger partial charge is 0.310 e. The Morgan fingerprint density at radius 1 is 1.58 bits per heavy atom. The van der Waals surface area contributed by atoms with Crippen molar-refractivity contribution in [3.05, 3.63) is 16.2 Å². The number of sulfonamides is 1. The molecule has 1 aliphatic carbocycles. The van der Waals surface area contributed by atoms with E-state index in [-0.39, 0.29) is 26.4 Å². The molecule has 10 heteroatoms. The van der Waals surface area contributed by atoms with Gasteiger partial charge in [-0.05, 0) is 11.8 Å². The highest BCUT2D eigenvalue weighted by molar-refractivity contribution is 7.91. The first-order chi connectivity index (χ1) is 8.67. The number of nitrogens with one attached hydrogen (secondary N) is 2. The zero-order valence-corrected chi connectivity index (χ0v) is 12.0. The molecule has 0 amide bonds. The van der Waals surface area contributed by atoms with Crippen LogP contribution in [0.5, 0.6) is 0 Å². The second kappa shape index (κ2) is 4.40. The van der Waals surface area contributed by atoms with Crippen molar-refractivity contribution in [1.82, 2.24) is 4.72 Å². The molecule has 2 rings (SSSR count). The molecular formula is C9H14N4O4S2. The van der Waals surface area contributed by atoms with Gasteiger partial charge in [0, 0.05) is 12.1 Å². The Bertz CT molecular complexity index is 622. The summed E-state index contributed by atoms with van der Waals surface area (Å²) >= 11 is 0.736. The van der Waals surface area contributed by atoms with Crippen LogP contribution in [0.3, 0.4) is 0 Å². The number of hydrogen-bond donors (Lipinski definition) is 3. The molecule has 1 heterocycles. The molecule has 1 atom stereocenters. The first kappa shape index (κ1) is 14.2. The number of nitrogens with two attached hydrogens (primary N) is 1. The van der Waals surface area contributed by atoms with E-state index in [1.54, 1.807) is 0 Å². The van der Waals surface area contributed by atoms with E-state index < -0.39 is 14.9 Å². The fourth-order valence-corrected chi connectivity index (χ4v) is 4.31. The van der Waals surface area contributed by atoms with Crippen molar-refractivity contribution < 1.29 is 13.3 Å². The molecule has 19 heavy (non-hydrogen) atoms. The summed E-state index contributed by atoms with van der Waals surface area (Å²) in [4.78, 5) is 10.1. The van der Waals surface area contributed by atoms with Gasteiger partial charge in [-0.1, -0.05) is 25.2 Å². The van der Waals surface area contributed by atoms with Crippen LogP contribution >= 0.6 is 11.3 Å². The number of nitrogen functional groups attached to an aromatic ring is 1. The lowest BCUT2D eigenvalue weighted by molar-refractivity contribution is -0.383. The van der Waals surface area contributed by atoms with Crippen LogP contribution in [0.4, 0.5) is 10.7 Å². The van der Waals surface area contributed by atoms with Crippen molar-refractivity contribution in [3.63, 3.8) is 0 Å². The Balaban J connectivity index is 2.28. The van der Waals surface area contributed by atoms with Crippen LogP contribution in [0.2, 0.25) is 0 Å². The summed E-state index contributed by atoms with van der Waals surface area (Å²) < 4.78 is 26.6. The summed E-state index contributed by atoms with van der Waals surface area (Å²) in [5, 5.41) is 10.8. The minimum Gasteiger partial charge on any atom is -0.310 e. The van der Waals surface area contributed by atoms with E-state index in [9.17, 15) is 18.5 Å². The summed E-state index contributed by atoms with van der Waals surface area (Å²) in [6, 6.07) is 0.880. The van der Waals surface area contributed by atoms with Crippen LogP contribution < -0.4 is 16.0 Å². The fourth-order valence-electron chi connectivity index (χ4n) is 1.64. The van der Waals surface area contributed by atoms with Crippen molar-refractivity contribution in [2.24, 2.45) is 11.3 Å². The molecule has 0 spiro atoms. The van der Waals surface area contributed by atoms with Gasteiger partial charge >= 0.3 is 5.69 Å². The van der Waals surface area contributed by atoms with Gasteiger partial charge in [0.15, 0.2) is 5.00 Å². The van der Waals surface area contributed by atoms with Crippen molar-refractivity contribution in [2.75, 3.05) is 5.43 Å². The molecular weight excluding hydrogens is 292 g/mol. The van der Waals surface area contributed by atoms with E-state index in [2.05, 4.69) is 10.1 Å². The van der Waals surface area contributed by atoms with Crippen molar-refractivity contribution in [1.29, 1.82) is 0 Å². The van der Waals surface area contributed by atoms with Gasteiger partial charge in [0.1, 0.15) is 4.21 Å². The van der Waals surface area contributed by atoms with Crippen LogP contribution in [0.15, 0.2) is 10.3 Å².